The molecule has 1 rings (SSSR count). The third-order valence-electron chi connectivity index (χ3n) is 3.10. The number of sulfonamides is 1. The molecule has 0 heterocycles. The number of nitrogens with zero attached hydrogens (tertiary/aromatic N) is 1. The van der Waals surface area contributed by atoms with Gasteiger partial charge in [0.25, 0.3) is 0 Å². The van der Waals surface area contributed by atoms with Crippen molar-refractivity contribution in [1.82, 2.24) is 4.31 Å². The molecule has 0 saturated carbocycles. The zero-order chi connectivity index (χ0) is 16.3. The van der Waals surface area contributed by atoms with Crippen LogP contribution in [0.2, 0.25) is 0 Å². The molecule has 0 unspecified atom stereocenters. The van der Waals surface area contributed by atoms with Gasteiger partial charge in [0.15, 0.2) is 9.84 Å². The summed E-state index contributed by atoms with van der Waals surface area (Å²) in [6, 6.07) is 2.79. The molecule has 0 aromatic heterocycles. The highest BCUT2D eigenvalue weighted by Gasteiger charge is 2.25. The van der Waals surface area contributed by atoms with E-state index in [4.69, 9.17) is 0 Å². The van der Waals surface area contributed by atoms with Crippen molar-refractivity contribution >= 4 is 19.9 Å². The molecule has 1 aromatic carbocycles. The normalized spacial score (nSPS) is 12.8. The van der Waals surface area contributed by atoms with Gasteiger partial charge in [-0.2, -0.15) is 0 Å². The zero-order valence-corrected chi connectivity index (χ0v) is 14.0. The first-order chi connectivity index (χ1) is 9.60. The smallest absolute Gasteiger partial charge is 0.224 e. The second-order valence-electron chi connectivity index (χ2n) is 4.90. The van der Waals surface area contributed by atoms with Crippen LogP contribution in [0.1, 0.15) is 26.2 Å². The van der Waals surface area contributed by atoms with Crippen LogP contribution >= 0.6 is 0 Å². The van der Waals surface area contributed by atoms with Gasteiger partial charge in [0.05, 0.1) is 4.90 Å². The van der Waals surface area contributed by atoms with Crippen molar-refractivity contribution in [2.45, 2.75) is 36.0 Å². The first-order valence-corrected chi connectivity index (χ1v) is 9.89. The predicted octanol–water partition coefficient (Wildman–Crippen LogP) is 2.04. The maximum absolute atomic E-state index is 13.8. The molecule has 0 atom stereocenters. The van der Waals surface area contributed by atoms with Crippen LogP contribution in [-0.4, -0.2) is 41.0 Å². The summed E-state index contributed by atoms with van der Waals surface area (Å²) in [5.74, 6) is -0.954. The molecule has 0 amide bonds. The average molecular weight is 337 g/mol. The van der Waals surface area contributed by atoms with Crippen LogP contribution in [-0.2, 0) is 19.9 Å². The molecule has 5 nitrogen and oxygen atoms in total. The summed E-state index contributed by atoms with van der Waals surface area (Å²) < 4.78 is 62.4. The number of rotatable bonds is 7. The maximum Gasteiger partial charge on any atom is 0.245 e. The molecule has 8 heteroatoms. The molecule has 0 saturated heterocycles. The van der Waals surface area contributed by atoms with Gasteiger partial charge in [-0.1, -0.05) is 19.8 Å². The zero-order valence-electron chi connectivity index (χ0n) is 12.3. The van der Waals surface area contributed by atoms with E-state index >= 15 is 0 Å². The Morgan fingerprint density at radius 1 is 1.14 bits per heavy atom. The van der Waals surface area contributed by atoms with Gasteiger partial charge in [0.2, 0.25) is 10.0 Å². The van der Waals surface area contributed by atoms with Gasteiger partial charge in [0, 0.05) is 19.8 Å². The van der Waals surface area contributed by atoms with Gasteiger partial charge >= 0.3 is 0 Å². The van der Waals surface area contributed by atoms with Crippen molar-refractivity contribution in [2.75, 3.05) is 19.8 Å². The standard InChI is InChI=1S/C13H20FNO4S2/c1-4-5-6-9-15(2)21(18,19)13-10-11(20(3,16)17)7-8-12(13)14/h7-8,10H,4-6,9H2,1-3H3. The van der Waals surface area contributed by atoms with E-state index in [0.717, 1.165) is 41.6 Å². The summed E-state index contributed by atoms with van der Waals surface area (Å²) in [5.41, 5.74) is 0. The lowest BCUT2D eigenvalue weighted by atomic mass is 10.2. The molecule has 0 N–H and O–H groups in total. The Kier molecular flexibility index (Phi) is 5.89. The summed E-state index contributed by atoms with van der Waals surface area (Å²) in [6.45, 7) is 2.25. The van der Waals surface area contributed by atoms with Gasteiger partial charge < -0.3 is 0 Å². The van der Waals surface area contributed by atoms with Gasteiger partial charge in [-0.05, 0) is 24.6 Å². The Labute approximate surface area is 125 Å². The fraction of sp³-hybridized carbons (Fsp3) is 0.538. The number of halogens is 1. The minimum absolute atomic E-state index is 0.218. The van der Waals surface area contributed by atoms with Gasteiger partial charge in [-0.3, -0.25) is 0 Å². The molecule has 120 valence electrons. The Bertz CT molecular complexity index is 699. The number of hydrogen-bond donors (Lipinski definition) is 0. The largest absolute Gasteiger partial charge is 0.245 e. The van der Waals surface area contributed by atoms with E-state index in [1.54, 1.807) is 0 Å². The fourth-order valence-corrected chi connectivity index (χ4v) is 3.80. The highest BCUT2D eigenvalue weighted by molar-refractivity contribution is 7.91. The summed E-state index contributed by atoms with van der Waals surface area (Å²) >= 11 is 0. The first kappa shape index (κ1) is 18.1. The second-order valence-corrected chi connectivity index (χ2v) is 8.93. The summed E-state index contributed by atoms with van der Waals surface area (Å²) in [6.07, 6.45) is 3.42. The van der Waals surface area contributed by atoms with Crippen LogP contribution in [0.3, 0.4) is 0 Å². The highest BCUT2D eigenvalue weighted by atomic mass is 32.2. The van der Waals surface area contributed by atoms with Crippen LogP contribution in [0, 0.1) is 5.82 Å². The second kappa shape index (κ2) is 6.85. The number of unbranched alkanes of at least 4 members (excludes halogenated alkanes) is 2. The Balaban J connectivity index is 3.19. The van der Waals surface area contributed by atoms with E-state index < -0.39 is 30.6 Å². The van der Waals surface area contributed by atoms with Gasteiger partial charge in [0.1, 0.15) is 10.7 Å². The van der Waals surface area contributed by atoms with E-state index in [1.807, 2.05) is 6.92 Å². The third kappa shape index (κ3) is 4.49. The molecule has 0 fully saturated rings. The minimum Gasteiger partial charge on any atom is -0.224 e. The predicted molar refractivity (Wildman–Crippen MR) is 78.9 cm³/mol. The summed E-state index contributed by atoms with van der Waals surface area (Å²) in [7, 11) is -6.28. The van der Waals surface area contributed by atoms with Crippen molar-refractivity contribution in [1.29, 1.82) is 0 Å². The number of sulfone groups is 1. The molecular formula is C13H20FNO4S2. The van der Waals surface area contributed by atoms with Crippen molar-refractivity contribution in [3.05, 3.63) is 24.0 Å². The van der Waals surface area contributed by atoms with Crippen molar-refractivity contribution < 1.29 is 21.2 Å². The molecule has 1 aromatic rings. The lowest BCUT2D eigenvalue weighted by molar-refractivity contribution is 0.448. The lowest BCUT2D eigenvalue weighted by Gasteiger charge is -2.17. The minimum atomic E-state index is -4.04. The highest BCUT2D eigenvalue weighted by Crippen LogP contribution is 2.22. The molecule has 0 aliphatic carbocycles. The number of hydrogen-bond acceptors (Lipinski definition) is 4. The molecule has 0 radical (unpaired) electrons. The van der Waals surface area contributed by atoms with Gasteiger partial charge in [-0.15, -0.1) is 0 Å². The summed E-state index contributed by atoms with van der Waals surface area (Å²) in [4.78, 5) is -0.825. The van der Waals surface area contributed by atoms with E-state index in [9.17, 15) is 21.2 Å². The van der Waals surface area contributed by atoms with Crippen LogP contribution in [0.25, 0.3) is 0 Å². The third-order valence-corrected chi connectivity index (χ3v) is 6.08. The van der Waals surface area contributed by atoms with E-state index in [1.165, 1.54) is 7.05 Å². The SMILES string of the molecule is CCCCCN(C)S(=O)(=O)c1cc(S(C)(=O)=O)ccc1F. The van der Waals surface area contributed by atoms with Crippen molar-refractivity contribution in [2.24, 2.45) is 0 Å². The van der Waals surface area contributed by atoms with Crippen LogP contribution in [0.4, 0.5) is 4.39 Å². The topological polar surface area (TPSA) is 71.5 Å². The van der Waals surface area contributed by atoms with Crippen LogP contribution < -0.4 is 0 Å². The Morgan fingerprint density at radius 2 is 1.76 bits per heavy atom. The first-order valence-electron chi connectivity index (χ1n) is 6.56. The Morgan fingerprint density at radius 3 is 2.29 bits per heavy atom. The van der Waals surface area contributed by atoms with Crippen molar-refractivity contribution in [3.8, 4) is 0 Å². The van der Waals surface area contributed by atoms with Crippen LogP contribution in [0.15, 0.2) is 28.0 Å². The fourth-order valence-electron chi connectivity index (χ4n) is 1.78. The number of benzene rings is 1. The molecule has 0 aliphatic rings. The van der Waals surface area contributed by atoms with Crippen LogP contribution in [0.5, 0.6) is 0 Å². The molecule has 0 aliphatic heterocycles. The van der Waals surface area contributed by atoms with Crippen molar-refractivity contribution in [3.63, 3.8) is 0 Å². The van der Waals surface area contributed by atoms with Gasteiger partial charge in [-0.25, -0.2) is 25.5 Å². The molecule has 0 bridgehead atoms. The molecule has 0 spiro atoms. The lowest BCUT2D eigenvalue weighted by Crippen LogP contribution is -2.28. The van der Waals surface area contributed by atoms with E-state index in [2.05, 4.69) is 0 Å². The Hall–Kier alpha value is -0.990. The maximum atomic E-state index is 13.8. The quantitative estimate of drug-likeness (QED) is 0.564. The monoisotopic (exact) mass is 337 g/mol. The summed E-state index contributed by atoms with van der Waals surface area (Å²) in [5, 5.41) is 0. The molecule has 21 heavy (non-hydrogen) atoms. The average Bonchev–Trinajstić information content (AvgIpc) is 2.37. The van der Waals surface area contributed by atoms with E-state index in [-0.39, 0.29) is 11.4 Å². The van der Waals surface area contributed by atoms with E-state index in [0.29, 0.717) is 6.42 Å². The molecular weight excluding hydrogens is 317 g/mol.